The molecule has 2 atom stereocenters. The molecule has 38 heavy (non-hydrogen) atoms. The highest BCUT2D eigenvalue weighted by molar-refractivity contribution is 8.35. The standard InChI is InChI=1S/C30H39FN4O2S/c1-22-20-34(21-32-22)27-9-5-7-23(10-15-28(27)38(2,3)4)19-24-8-6-17-35-29(24)33-37-30(35,16-18-36)25-11-13-26(31)14-12-25/h5,7,11-14,19-21,23,36H,6,8-10,15-18H2,1-4H3/b7-5-,24-19+,28-27-. The zero-order chi connectivity index (χ0) is 26.9. The Labute approximate surface area is 226 Å². The molecule has 5 rings (SSSR count). The van der Waals surface area contributed by atoms with E-state index in [4.69, 9.17) is 4.84 Å². The third-order valence-corrected chi connectivity index (χ3v) is 9.65. The van der Waals surface area contributed by atoms with E-state index in [-0.39, 0.29) is 12.4 Å². The van der Waals surface area contributed by atoms with Crippen molar-refractivity contribution in [3.63, 3.8) is 0 Å². The first-order valence-electron chi connectivity index (χ1n) is 13.4. The predicted octanol–water partition coefficient (Wildman–Crippen LogP) is 6.15. The summed E-state index contributed by atoms with van der Waals surface area (Å²) in [5.41, 5.74) is 3.49. The minimum Gasteiger partial charge on any atom is -0.396 e. The minimum atomic E-state index is -0.906. The SMILES string of the molecule is Cc1cn(/C2=C(\S(C)(C)C)CCC(/C=C3\CCCN4C3=NOC4(CCO)c3ccc(F)cc3)/C=C\C2)cn1. The second kappa shape index (κ2) is 10.7. The van der Waals surface area contributed by atoms with Crippen LogP contribution in [0, 0.1) is 18.7 Å². The fourth-order valence-corrected chi connectivity index (χ4v) is 7.51. The summed E-state index contributed by atoms with van der Waals surface area (Å²) < 4.78 is 15.9. The van der Waals surface area contributed by atoms with Crippen LogP contribution in [0.1, 0.15) is 49.8 Å². The highest BCUT2D eigenvalue weighted by Crippen LogP contribution is 2.51. The Morgan fingerprint density at radius 1 is 1.21 bits per heavy atom. The quantitative estimate of drug-likeness (QED) is 0.448. The summed E-state index contributed by atoms with van der Waals surface area (Å²) in [5.74, 6) is 0.851. The third kappa shape index (κ3) is 5.21. The molecule has 1 aromatic carbocycles. The van der Waals surface area contributed by atoms with Crippen molar-refractivity contribution in [2.24, 2.45) is 11.1 Å². The van der Waals surface area contributed by atoms with Gasteiger partial charge in [0.1, 0.15) is 5.82 Å². The lowest BCUT2D eigenvalue weighted by Crippen LogP contribution is -2.49. The number of allylic oxidation sites excluding steroid dienone is 5. The maximum absolute atomic E-state index is 13.7. The number of piperidine rings is 1. The van der Waals surface area contributed by atoms with Crippen molar-refractivity contribution in [2.45, 2.75) is 51.2 Å². The molecular formula is C30H39FN4O2S. The number of aliphatic hydroxyl groups is 1. The number of aryl methyl sites for hydroxylation is 1. The second-order valence-corrected chi connectivity index (χ2v) is 15.3. The summed E-state index contributed by atoms with van der Waals surface area (Å²) in [6.07, 6.45) is 23.5. The van der Waals surface area contributed by atoms with Crippen LogP contribution in [0.25, 0.3) is 5.70 Å². The summed E-state index contributed by atoms with van der Waals surface area (Å²) in [5, 5.41) is 14.5. The van der Waals surface area contributed by atoms with Crippen molar-refractivity contribution in [3.8, 4) is 0 Å². The highest BCUT2D eigenvalue weighted by atomic mass is 32.3. The first-order valence-corrected chi connectivity index (χ1v) is 16.3. The van der Waals surface area contributed by atoms with Crippen LogP contribution in [0.2, 0.25) is 0 Å². The van der Waals surface area contributed by atoms with Gasteiger partial charge in [0.15, 0.2) is 5.84 Å². The maximum Gasteiger partial charge on any atom is 0.239 e. The van der Waals surface area contributed by atoms with E-state index >= 15 is 0 Å². The van der Waals surface area contributed by atoms with E-state index in [1.54, 1.807) is 17.0 Å². The van der Waals surface area contributed by atoms with Gasteiger partial charge in [0, 0.05) is 43.5 Å². The predicted molar refractivity (Wildman–Crippen MR) is 154 cm³/mol. The Hall–Kier alpha value is -2.84. The molecule has 2 aliphatic heterocycles. The molecule has 0 radical (unpaired) electrons. The Morgan fingerprint density at radius 2 is 2.00 bits per heavy atom. The number of halogens is 1. The number of aromatic nitrogens is 2. The van der Waals surface area contributed by atoms with Gasteiger partial charge in [-0.1, -0.05) is 35.5 Å². The number of nitrogens with zero attached hydrogens (tertiary/aromatic N) is 4. The summed E-state index contributed by atoms with van der Waals surface area (Å²) in [6, 6.07) is 6.36. The number of fused-ring (bicyclic) bond motifs is 1. The number of amidine groups is 1. The van der Waals surface area contributed by atoms with Crippen molar-refractivity contribution in [3.05, 3.63) is 82.6 Å². The average Bonchev–Trinajstić information content (AvgIpc) is 3.45. The first-order chi connectivity index (χ1) is 18.2. The second-order valence-electron chi connectivity index (χ2n) is 11.2. The molecule has 8 heteroatoms. The largest absolute Gasteiger partial charge is 0.396 e. The highest BCUT2D eigenvalue weighted by Gasteiger charge is 2.49. The van der Waals surface area contributed by atoms with Gasteiger partial charge in [-0.25, -0.2) is 19.4 Å². The van der Waals surface area contributed by atoms with Crippen LogP contribution in [0.4, 0.5) is 4.39 Å². The molecular weight excluding hydrogens is 499 g/mol. The van der Waals surface area contributed by atoms with E-state index in [1.807, 2.05) is 13.3 Å². The van der Waals surface area contributed by atoms with Gasteiger partial charge >= 0.3 is 0 Å². The summed E-state index contributed by atoms with van der Waals surface area (Å²) in [4.78, 5) is 14.3. The van der Waals surface area contributed by atoms with Crippen molar-refractivity contribution < 1.29 is 14.3 Å². The number of hydrogen-bond acceptors (Lipinski definition) is 5. The molecule has 1 fully saturated rings. The molecule has 0 amide bonds. The van der Waals surface area contributed by atoms with Crippen LogP contribution < -0.4 is 0 Å². The molecule has 1 saturated heterocycles. The van der Waals surface area contributed by atoms with Gasteiger partial charge < -0.3 is 19.4 Å². The monoisotopic (exact) mass is 538 g/mol. The molecule has 3 aliphatic rings. The van der Waals surface area contributed by atoms with E-state index in [0.717, 1.165) is 55.7 Å². The van der Waals surface area contributed by atoms with Crippen LogP contribution in [0.15, 0.2) is 70.7 Å². The number of oxime groups is 1. The Morgan fingerprint density at radius 3 is 2.68 bits per heavy atom. The van der Waals surface area contributed by atoms with Gasteiger partial charge in [-0.15, -0.1) is 0 Å². The van der Waals surface area contributed by atoms with Crippen LogP contribution in [0.5, 0.6) is 0 Å². The van der Waals surface area contributed by atoms with Crippen molar-refractivity contribution in [1.29, 1.82) is 0 Å². The Balaban J connectivity index is 1.41. The normalized spacial score (nSPS) is 28.4. The molecule has 1 aliphatic carbocycles. The zero-order valence-electron chi connectivity index (χ0n) is 22.9. The molecule has 0 saturated carbocycles. The zero-order valence-corrected chi connectivity index (χ0v) is 23.7. The number of rotatable bonds is 6. The van der Waals surface area contributed by atoms with E-state index in [0.29, 0.717) is 12.3 Å². The molecule has 1 N–H and O–H groups in total. The summed E-state index contributed by atoms with van der Waals surface area (Å²) in [6.45, 7) is 2.77. The third-order valence-electron chi connectivity index (χ3n) is 7.73. The summed E-state index contributed by atoms with van der Waals surface area (Å²) in [7, 11) is -0.906. The molecule has 1 aromatic heterocycles. The topological polar surface area (TPSA) is 62.9 Å². The molecule has 0 bridgehead atoms. The number of benzene rings is 1. The number of imidazole rings is 1. The number of aliphatic hydroxyl groups excluding tert-OH is 1. The summed E-state index contributed by atoms with van der Waals surface area (Å²) >= 11 is 0. The average molecular weight is 539 g/mol. The van der Waals surface area contributed by atoms with Gasteiger partial charge in [-0.05, 0) is 79.9 Å². The molecule has 2 aromatic rings. The van der Waals surface area contributed by atoms with Crippen molar-refractivity contribution >= 4 is 21.6 Å². The minimum absolute atomic E-state index is 0.0515. The lowest BCUT2D eigenvalue weighted by molar-refractivity contribution is -0.119. The van der Waals surface area contributed by atoms with E-state index in [9.17, 15) is 9.50 Å². The Kier molecular flexibility index (Phi) is 7.56. The van der Waals surface area contributed by atoms with Crippen LogP contribution in [0.3, 0.4) is 0 Å². The van der Waals surface area contributed by atoms with E-state index in [2.05, 4.69) is 62.8 Å². The first kappa shape index (κ1) is 26.8. The smallest absolute Gasteiger partial charge is 0.239 e. The fraction of sp³-hybridized carbons (Fsp3) is 0.467. The van der Waals surface area contributed by atoms with Gasteiger partial charge in [0.25, 0.3) is 0 Å². The van der Waals surface area contributed by atoms with E-state index < -0.39 is 15.8 Å². The molecule has 3 heterocycles. The van der Waals surface area contributed by atoms with Crippen LogP contribution >= 0.6 is 10.0 Å². The van der Waals surface area contributed by atoms with Crippen molar-refractivity contribution in [1.82, 2.24) is 14.5 Å². The number of hydrogen-bond donors (Lipinski definition) is 1. The molecule has 204 valence electrons. The van der Waals surface area contributed by atoms with E-state index in [1.165, 1.54) is 23.4 Å². The van der Waals surface area contributed by atoms with Crippen LogP contribution in [-0.2, 0) is 10.6 Å². The van der Waals surface area contributed by atoms with Gasteiger partial charge in [0.05, 0.1) is 12.0 Å². The molecule has 0 spiro atoms. The molecule has 2 unspecified atom stereocenters. The molecule has 6 nitrogen and oxygen atoms in total. The van der Waals surface area contributed by atoms with Crippen molar-refractivity contribution in [2.75, 3.05) is 31.9 Å². The fourth-order valence-electron chi connectivity index (χ4n) is 5.88. The van der Waals surface area contributed by atoms with Crippen LogP contribution in [-0.4, -0.2) is 57.3 Å². The van der Waals surface area contributed by atoms with Gasteiger partial charge in [0.2, 0.25) is 5.72 Å². The Bertz CT molecular complexity index is 1290. The lowest BCUT2D eigenvalue weighted by atomic mass is 9.90. The lowest BCUT2D eigenvalue weighted by Gasteiger charge is -2.40. The van der Waals surface area contributed by atoms with Gasteiger partial charge in [-0.3, -0.25) is 0 Å². The van der Waals surface area contributed by atoms with Gasteiger partial charge in [-0.2, -0.15) is 0 Å². The maximum atomic E-state index is 13.7.